The van der Waals surface area contributed by atoms with Crippen LogP contribution in [-0.2, 0) is 5.41 Å². The van der Waals surface area contributed by atoms with Gasteiger partial charge in [0.2, 0.25) is 0 Å². The molecule has 0 saturated carbocycles. The lowest BCUT2D eigenvalue weighted by atomic mass is 9.85. The monoisotopic (exact) mass is 253 g/mol. The lowest BCUT2D eigenvalue weighted by Gasteiger charge is -2.16. The summed E-state index contributed by atoms with van der Waals surface area (Å²) in [4.78, 5) is 0. The van der Waals surface area contributed by atoms with Gasteiger partial charge in [0.25, 0.3) is 0 Å². The van der Waals surface area contributed by atoms with Crippen LogP contribution in [0.3, 0.4) is 0 Å². The van der Waals surface area contributed by atoms with Crippen LogP contribution in [0.2, 0.25) is 0 Å². The largest absolute Gasteiger partial charge is 0.492 e. The van der Waals surface area contributed by atoms with Crippen LogP contribution in [0.25, 0.3) is 11.1 Å². The van der Waals surface area contributed by atoms with Gasteiger partial charge in [-0.2, -0.15) is 0 Å². The fourth-order valence-electron chi connectivity index (χ4n) is 2.56. The molecule has 0 saturated heterocycles. The topological polar surface area (TPSA) is 35.2 Å². The third kappa shape index (κ3) is 1.97. The zero-order valence-corrected chi connectivity index (χ0v) is 11.7. The molecule has 2 heteroatoms. The molecule has 3 rings (SSSR count). The molecule has 19 heavy (non-hydrogen) atoms. The van der Waals surface area contributed by atoms with Crippen molar-refractivity contribution in [3.63, 3.8) is 0 Å². The molecule has 0 spiro atoms. The van der Waals surface area contributed by atoms with Gasteiger partial charge in [-0.05, 0) is 47.9 Å². The van der Waals surface area contributed by atoms with Crippen molar-refractivity contribution in [1.29, 1.82) is 0 Å². The maximum Gasteiger partial charge on any atom is 0.123 e. The fraction of sp³-hybridized carbons (Fsp3) is 0.294. The Morgan fingerprint density at radius 2 is 1.74 bits per heavy atom. The lowest BCUT2D eigenvalue weighted by Crippen LogP contribution is -2.18. The summed E-state index contributed by atoms with van der Waals surface area (Å²) in [5.74, 6) is 1.01. The highest BCUT2D eigenvalue weighted by Gasteiger charge is 2.31. The number of hydrogen-bond donors (Lipinski definition) is 1. The van der Waals surface area contributed by atoms with Gasteiger partial charge >= 0.3 is 0 Å². The Hall–Kier alpha value is -1.96. The van der Waals surface area contributed by atoms with Crippen molar-refractivity contribution in [2.45, 2.75) is 26.2 Å². The summed E-state index contributed by atoms with van der Waals surface area (Å²) < 4.78 is 5.73. The summed E-state index contributed by atoms with van der Waals surface area (Å²) >= 11 is 0. The van der Waals surface area contributed by atoms with Crippen molar-refractivity contribution < 1.29 is 4.74 Å². The van der Waals surface area contributed by atoms with Gasteiger partial charge in [-0.3, -0.25) is 0 Å². The number of nitrogens with two attached hydrogens (primary N) is 1. The van der Waals surface area contributed by atoms with Crippen LogP contribution in [-0.4, -0.2) is 6.61 Å². The Bertz CT molecular complexity index is 644. The van der Waals surface area contributed by atoms with E-state index in [1.54, 1.807) is 0 Å². The van der Waals surface area contributed by atoms with Crippen LogP contribution in [0.5, 0.6) is 5.75 Å². The number of ether oxygens (including phenoxy) is 1. The zero-order chi connectivity index (χ0) is 13.6. The molecule has 0 aliphatic carbocycles. The first-order chi connectivity index (χ1) is 8.97. The summed E-state index contributed by atoms with van der Waals surface area (Å²) in [6.07, 6.45) is 0. The average molecular weight is 253 g/mol. The van der Waals surface area contributed by atoms with E-state index < -0.39 is 0 Å². The van der Waals surface area contributed by atoms with Crippen LogP contribution >= 0.6 is 0 Å². The first-order valence-corrected chi connectivity index (χ1v) is 6.61. The van der Waals surface area contributed by atoms with E-state index >= 15 is 0 Å². The maximum absolute atomic E-state index is 5.88. The number of anilines is 1. The SMILES string of the molecule is Cc1cc(-c2ccc3c(c2)C(C)(C)CO3)ccc1N. The number of rotatable bonds is 1. The van der Waals surface area contributed by atoms with Crippen LogP contribution < -0.4 is 10.5 Å². The van der Waals surface area contributed by atoms with E-state index in [1.165, 1.54) is 16.7 Å². The molecule has 98 valence electrons. The maximum atomic E-state index is 5.88. The number of hydrogen-bond acceptors (Lipinski definition) is 2. The third-order valence-electron chi connectivity index (χ3n) is 3.90. The molecule has 2 N–H and O–H groups in total. The first kappa shape index (κ1) is 12.1. The van der Waals surface area contributed by atoms with Crippen molar-refractivity contribution in [1.82, 2.24) is 0 Å². The minimum absolute atomic E-state index is 0.0915. The standard InChI is InChI=1S/C17H19NO/c1-11-8-12(4-6-15(11)18)13-5-7-16-14(9-13)17(2,3)10-19-16/h4-9H,10,18H2,1-3H3. The molecule has 2 aromatic rings. The third-order valence-corrected chi connectivity index (χ3v) is 3.90. The highest BCUT2D eigenvalue weighted by atomic mass is 16.5. The van der Waals surface area contributed by atoms with Gasteiger partial charge in [0.05, 0.1) is 6.61 Å². The predicted molar refractivity (Wildman–Crippen MR) is 79.5 cm³/mol. The molecule has 0 fully saturated rings. The second-order valence-electron chi connectivity index (χ2n) is 5.95. The molecule has 0 bridgehead atoms. The molecule has 1 aliphatic rings. The molecule has 1 heterocycles. The highest BCUT2D eigenvalue weighted by molar-refractivity contribution is 5.70. The summed E-state index contributed by atoms with van der Waals surface area (Å²) in [5, 5.41) is 0. The van der Waals surface area contributed by atoms with E-state index in [4.69, 9.17) is 10.5 Å². The van der Waals surface area contributed by atoms with Gasteiger partial charge in [0, 0.05) is 16.7 Å². The molecule has 2 nitrogen and oxygen atoms in total. The normalized spacial score (nSPS) is 15.9. The fourth-order valence-corrected chi connectivity index (χ4v) is 2.56. The number of nitrogen functional groups attached to an aromatic ring is 1. The summed E-state index contributed by atoms with van der Waals surface area (Å²) in [7, 11) is 0. The zero-order valence-electron chi connectivity index (χ0n) is 11.7. The Labute approximate surface area is 114 Å². The van der Waals surface area contributed by atoms with E-state index in [9.17, 15) is 0 Å². The highest BCUT2D eigenvalue weighted by Crippen LogP contribution is 2.40. The second kappa shape index (κ2) is 4.02. The molecule has 0 unspecified atom stereocenters. The summed E-state index contributed by atoms with van der Waals surface area (Å²) in [6, 6.07) is 12.6. The number of fused-ring (bicyclic) bond motifs is 1. The smallest absolute Gasteiger partial charge is 0.123 e. The Kier molecular flexibility index (Phi) is 2.56. The number of benzene rings is 2. The molecular formula is C17H19NO. The summed E-state index contributed by atoms with van der Waals surface area (Å²) in [5.41, 5.74) is 11.7. The second-order valence-corrected chi connectivity index (χ2v) is 5.95. The molecule has 0 radical (unpaired) electrons. The van der Waals surface area contributed by atoms with Crippen LogP contribution in [0.4, 0.5) is 5.69 Å². The van der Waals surface area contributed by atoms with E-state index in [0.717, 1.165) is 23.6 Å². The van der Waals surface area contributed by atoms with Crippen LogP contribution in [0.15, 0.2) is 36.4 Å². The average Bonchev–Trinajstić information content (AvgIpc) is 2.69. The van der Waals surface area contributed by atoms with Crippen molar-refractivity contribution >= 4 is 5.69 Å². The van der Waals surface area contributed by atoms with Crippen molar-refractivity contribution in [3.8, 4) is 16.9 Å². The minimum atomic E-state index is 0.0915. The van der Waals surface area contributed by atoms with E-state index in [2.05, 4.69) is 44.2 Å². The Morgan fingerprint density at radius 3 is 2.47 bits per heavy atom. The van der Waals surface area contributed by atoms with Crippen molar-refractivity contribution in [2.75, 3.05) is 12.3 Å². The van der Waals surface area contributed by atoms with Crippen molar-refractivity contribution in [3.05, 3.63) is 47.5 Å². The van der Waals surface area contributed by atoms with Gasteiger partial charge in [0.1, 0.15) is 5.75 Å². The van der Waals surface area contributed by atoms with Crippen LogP contribution in [0, 0.1) is 6.92 Å². The summed E-state index contributed by atoms with van der Waals surface area (Å²) in [6.45, 7) is 7.24. The van der Waals surface area contributed by atoms with Gasteiger partial charge in [-0.25, -0.2) is 0 Å². The number of aryl methyl sites for hydroxylation is 1. The van der Waals surface area contributed by atoms with Gasteiger partial charge in [0.15, 0.2) is 0 Å². The molecule has 2 aromatic carbocycles. The van der Waals surface area contributed by atoms with Crippen molar-refractivity contribution in [2.24, 2.45) is 0 Å². The Balaban J connectivity index is 2.10. The molecule has 1 aliphatic heterocycles. The first-order valence-electron chi connectivity index (χ1n) is 6.61. The Morgan fingerprint density at radius 1 is 1.05 bits per heavy atom. The molecule has 0 atom stereocenters. The van der Waals surface area contributed by atoms with Gasteiger partial charge < -0.3 is 10.5 Å². The molecular weight excluding hydrogens is 234 g/mol. The van der Waals surface area contributed by atoms with Crippen LogP contribution in [0.1, 0.15) is 25.0 Å². The minimum Gasteiger partial charge on any atom is -0.492 e. The van der Waals surface area contributed by atoms with E-state index in [0.29, 0.717) is 0 Å². The lowest BCUT2D eigenvalue weighted by molar-refractivity contribution is 0.291. The van der Waals surface area contributed by atoms with Gasteiger partial charge in [-0.15, -0.1) is 0 Å². The molecule has 0 amide bonds. The quantitative estimate of drug-likeness (QED) is 0.782. The molecule has 0 aromatic heterocycles. The van der Waals surface area contributed by atoms with E-state index in [-0.39, 0.29) is 5.41 Å². The van der Waals surface area contributed by atoms with Gasteiger partial charge in [-0.1, -0.05) is 26.0 Å². The van der Waals surface area contributed by atoms with E-state index in [1.807, 2.05) is 13.0 Å². The predicted octanol–water partition coefficient (Wildman–Crippen LogP) is 3.91.